The Labute approximate surface area is 98.0 Å². The third-order valence-corrected chi connectivity index (χ3v) is 2.09. The number of alkyl halides is 3. The summed E-state index contributed by atoms with van der Waals surface area (Å²) >= 11 is 0. The normalized spacial score (nSPS) is 13.6. The van der Waals surface area contributed by atoms with Gasteiger partial charge in [-0.1, -0.05) is 6.07 Å². The van der Waals surface area contributed by atoms with Crippen molar-refractivity contribution in [3.63, 3.8) is 0 Å². The summed E-state index contributed by atoms with van der Waals surface area (Å²) in [5.74, 6) is 0. The van der Waals surface area contributed by atoms with Crippen molar-refractivity contribution < 1.29 is 17.9 Å². The Morgan fingerprint density at radius 2 is 2.18 bits per heavy atom. The molecule has 1 rings (SSSR count). The number of ether oxygens (including phenoxy) is 1. The predicted octanol–water partition coefficient (Wildman–Crippen LogP) is 2.31. The van der Waals surface area contributed by atoms with Gasteiger partial charge in [-0.25, -0.2) is 0 Å². The second-order valence-corrected chi connectivity index (χ2v) is 3.60. The van der Waals surface area contributed by atoms with Gasteiger partial charge in [-0.2, -0.15) is 13.2 Å². The molecule has 1 aromatic heterocycles. The Morgan fingerprint density at radius 3 is 2.76 bits per heavy atom. The van der Waals surface area contributed by atoms with Crippen LogP contribution in [0.5, 0.6) is 0 Å². The van der Waals surface area contributed by atoms with Crippen molar-refractivity contribution in [2.75, 3.05) is 19.8 Å². The third-order valence-electron chi connectivity index (χ3n) is 2.09. The molecule has 0 aliphatic rings. The molecule has 1 atom stereocenters. The SMILES string of the molecule is C[C@H](NCCOCC(F)(F)F)c1ccccn1. The van der Waals surface area contributed by atoms with E-state index in [9.17, 15) is 13.2 Å². The lowest BCUT2D eigenvalue weighted by Gasteiger charge is -2.13. The number of nitrogens with one attached hydrogen (secondary N) is 1. The van der Waals surface area contributed by atoms with E-state index in [4.69, 9.17) is 0 Å². The zero-order chi connectivity index (χ0) is 12.7. The van der Waals surface area contributed by atoms with E-state index in [1.807, 2.05) is 25.1 Å². The Kier molecular flexibility index (Phi) is 5.37. The highest BCUT2D eigenvalue weighted by molar-refractivity contribution is 5.07. The first-order valence-corrected chi connectivity index (χ1v) is 5.28. The summed E-state index contributed by atoms with van der Waals surface area (Å²) in [7, 11) is 0. The molecule has 1 heterocycles. The van der Waals surface area contributed by atoms with Gasteiger partial charge >= 0.3 is 6.18 Å². The van der Waals surface area contributed by atoms with E-state index < -0.39 is 12.8 Å². The van der Waals surface area contributed by atoms with Crippen LogP contribution in [0.2, 0.25) is 0 Å². The zero-order valence-electron chi connectivity index (χ0n) is 9.50. The van der Waals surface area contributed by atoms with E-state index in [1.165, 1.54) is 0 Å². The highest BCUT2D eigenvalue weighted by atomic mass is 19.4. The van der Waals surface area contributed by atoms with E-state index in [0.29, 0.717) is 6.54 Å². The quantitative estimate of drug-likeness (QED) is 0.784. The van der Waals surface area contributed by atoms with Gasteiger partial charge in [-0.3, -0.25) is 4.98 Å². The molecular weight excluding hydrogens is 233 g/mol. The fourth-order valence-electron chi connectivity index (χ4n) is 1.27. The minimum atomic E-state index is -4.26. The Hall–Kier alpha value is -1.14. The molecule has 0 aromatic carbocycles. The van der Waals surface area contributed by atoms with E-state index in [0.717, 1.165) is 5.69 Å². The van der Waals surface area contributed by atoms with Gasteiger partial charge < -0.3 is 10.1 Å². The van der Waals surface area contributed by atoms with Crippen LogP contribution in [0.15, 0.2) is 24.4 Å². The van der Waals surface area contributed by atoms with Gasteiger partial charge in [0.05, 0.1) is 12.3 Å². The molecule has 0 aliphatic carbocycles. The molecule has 0 aliphatic heterocycles. The highest BCUT2D eigenvalue weighted by Gasteiger charge is 2.27. The Bertz CT molecular complexity index is 316. The lowest BCUT2D eigenvalue weighted by molar-refractivity contribution is -0.173. The smallest absolute Gasteiger partial charge is 0.371 e. The molecule has 0 unspecified atom stereocenters. The summed E-state index contributed by atoms with van der Waals surface area (Å²) in [6, 6.07) is 5.52. The van der Waals surface area contributed by atoms with Crippen LogP contribution in [0.3, 0.4) is 0 Å². The number of hydrogen-bond acceptors (Lipinski definition) is 3. The molecule has 17 heavy (non-hydrogen) atoms. The fourth-order valence-corrected chi connectivity index (χ4v) is 1.27. The van der Waals surface area contributed by atoms with Crippen LogP contribution in [-0.4, -0.2) is 30.9 Å². The third kappa shape index (κ3) is 6.23. The molecule has 1 aromatic rings. The summed E-state index contributed by atoms with van der Waals surface area (Å²) in [6.45, 7) is 1.07. The van der Waals surface area contributed by atoms with Crippen LogP contribution in [0, 0.1) is 0 Å². The van der Waals surface area contributed by atoms with E-state index in [1.54, 1.807) is 6.20 Å². The average molecular weight is 248 g/mol. The van der Waals surface area contributed by atoms with Crippen molar-refractivity contribution in [2.24, 2.45) is 0 Å². The topological polar surface area (TPSA) is 34.1 Å². The first kappa shape index (κ1) is 13.9. The number of hydrogen-bond donors (Lipinski definition) is 1. The number of halogens is 3. The summed E-state index contributed by atoms with van der Waals surface area (Å²) in [5, 5.41) is 3.03. The summed E-state index contributed by atoms with van der Waals surface area (Å²) in [5.41, 5.74) is 0.850. The van der Waals surface area contributed by atoms with Gasteiger partial charge in [-0.15, -0.1) is 0 Å². The van der Waals surface area contributed by atoms with Gasteiger partial charge in [-0.05, 0) is 19.1 Å². The lowest BCUT2D eigenvalue weighted by atomic mass is 10.2. The van der Waals surface area contributed by atoms with Crippen LogP contribution in [-0.2, 0) is 4.74 Å². The molecule has 0 radical (unpaired) electrons. The maximum absolute atomic E-state index is 11.8. The Morgan fingerprint density at radius 1 is 1.41 bits per heavy atom. The molecule has 0 amide bonds. The van der Waals surface area contributed by atoms with Crippen LogP contribution >= 0.6 is 0 Å². The number of pyridine rings is 1. The second-order valence-electron chi connectivity index (χ2n) is 3.60. The Balaban J connectivity index is 2.15. The van der Waals surface area contributed by atoms with Crippen molar-refractivity contribution >= 4 is 0 Å². The average Bonchev–Trinajstić information content (AvgIpc) is 2.28. The number of aromatic nitrogens is 1. The van der Waals surface area contributed by atoms with Crippen LogP contribution in [0.25, 0.3) is 0 Å². The highest BCUT2D eigenvalue weighted by Crippen LogP contribution is 2.14. The minimum absolute atomic E-state index is 0.00862. The second kappa shape index (κ2) is 6.56. The number of rotatable bonds is 6. The summed E-state index contributed by atoms with van der Waals surface area (Å²) in [4.78, 5) is 4.13. The zero-order valence-corrected chi connectivity index (χ0v) is 9.50. The standard InChI is InChI=1S/C11H15F3N2O/c1-9(10-4-2-3-5-16-10)15-6-7-17-8-11(12,13)14/h2-5,9,15H,6-8H2,1H3/t9-/m0/s1. The molecule has 0 bridgehead atoms. The van der Waals surface area contributed by atoms with Gasteiger partial charge in [0.15, 0.2) is 0 Å². The largest absolute Gasteiger partial charge is 0.411 e. The lowest BCUT2D eigenvalue weighted by Crippen LogP contribution is -2.26. The van der Waals surface area contributed by atoms with Crippen LogP contribution in [0.1, 0.15) is 18.7 Å². The molecule has 0 saturated heterocycles. The first-order chi connectivity index (χ1) is 7.99. The van der Waals surface area contributed by atoms with Crippen molar-refractivity contribution in [1.29, 1.82) is 0 Å². The van der Waals surface area contributed by atoms with Gasteiger partial charge in [0.25, 0.3) is 0 Å². The molecule has 0 fully saturated rings. The molecule has 96 valence electrons. The minimum Gasteiger partial charge on any atom is -0.371 e. The number of nitrogens with zero attached hydrogens (tertiary/aromatic N) is 1. The molecular formula is C11H15F3N2O. The maximum Gasteiger partial charge on any atom is 0.411 e. The molecule has 3 nitrogen and oxygen atoms in total. The van der Waals surface area contributed by atoms with E-state index >= 15 is 0 Å². The van der Waals surface area contributed by atoms with Crippen LogP contribution < -0.4 is 5.32 Å². The van der Waals surface area contributed by atoms with Gasteiger partial charge in [0.1, 0.15) is 6.61 Å². The van der Waals surface area contributed by atoms with Gasteiger partial charge in [0.2, 0.25) is 0 Å². The van der Waals surface area contributed by atoms with Crippen molar-refractivity contribution in [2.45, 2.75) is 19.1 Å². The van der Waals surface area contributed by atoms with E-state index in [-0.39, 0.29) is 12.6 Å². The molecule has 6 heteroatoms. The molecule has 0 spiro atoms. The maximum atomic E-state index is 11.8. The van der Waals surface area contributed by atoms with Crippen molar-refractivity contribution in [3.05, 3.63) is 30.1 Å². The summed E-state index contributed by atoms with van der Waals surface area (Å²) < 4.78 is 39.7. The van der Waals surface area contributed by atoms with Crippen LogP contribution in [0.4, 0.5) is 13.2 Å². The van der Waals surface area contributed by atoms with Crippen molar-refractivity contribution in [3.8, 4) is 0 Å². The predicted molar refractivity (Wildman–Crippen MR) is 57.5 cm³/mol. The van der Waals surface area contributed by atoms with E-state index in [2.05, 4.69) is 15.0 Å². The molecule has 1 N–H and O–H groups in total. The monoisotopic (exact) mass is 248 g/mol. The molecule has 0 saturated carbocycles. The summed E-state index contributed by atoms with van der Waals surface area (Å²) in [6.07, 6.45) is -2.58. The fraction of sp³-hybridized carbons (Fsp3) is 0.545. The van der Waals surface area contributed by atoms with Gasteiger partial charge in [0, 0.05) is 18.8 Å². The van der Waals surface area contributed by atoms with Crippen molar-refractivity contribution in [1.82, 2.24) is 10.3 Å². The first-order valence-electron chi connectivity index (χ1n) is 5.28.